The van der Waals surface area contributed by atoms with Gasteiger partial charge in [0.25, 0.3) is 0 Å². The lowest BCUT2D eigenvalue weighted by Crippen LogP contribution is -2.17. The summed E-state index contributed by atoms with van der Waals surface area (Å²) >= 11 is 0. The van der Waals surface area contributed by atoms with Crippen LogP contribution in [0.1, 0.15) is 12.8 Å². The van der Waals surface area contributed by atoms with Gasteiger partial charge in [0.1, 0.15) is 0 Å². The van der Waals surface area contributed by atoms with Crippen molar-refractivity contribution in [1.29, 1.82) is 0 Å². The van der Waals surface area contributed by atoms with Crippen molar-refractivity contribution >= 4 is 15.7 Å². The zero-order chi connectivity index (χ0) is 12.9. The van der Waals surface area contributed by atoms with Crippen LogP contribution in [-0.4, -0.2) is 25.9 Å². The summed E-state index contributed by atoms with van der Waals surface area (Å²) < 4.78 is 50.5. The number of rotatable bonds is 6. The van der Waals surface area contributed by atoms with Gasteiger partial charge >= 0.3 is 0 Å². The van der Waals surface area contributed by atoms with E-state index >= 15 is 0 Å². The Morgan fingerprint density at radius 3 is 2.47 bits per heavy atom. The molecule has 1 aromatic carbocycles. The zero-order valence-electron chi connectivity index (χ0n) is 8.99. The number of nitrogens with one attached hydrogen (secondary N) is 1. The minimum Gasteiger partial charge on any atom is -0.396 e. The van der Waals surface area contributed by atoms with E-state index in [1.165, 1.54) is 0 Å². The fraction of sp³-hybridized carbons (Fsp3) is 0.400. The predicted molar refractivity (Wildman–Crippen MR) is 60.1 cm³/mol. The lowest BCUT2D eigenvalue weighted by molar-refractivity contribution is 0.287. The first-order valence-electron chi connectivity index (χ1n) is 5.01. The van der Waals surface area contributed by atoms with Gasteiger partial charge in [0, 0.05) is 12.7 Å². The van der Waals surface area contributed by atoms with Gasteiger partial charge in [0.2, 0.25) is 10.0 Å². The minimum atomic E-state index is -3.59. The molecule has 0 amide bonds. The van der Waals surface area contributed by atoms with E-state index in [1.807, 2.05) is 0 Å². The molecule has 0 fully saturated rings. The summed E-state index contributed by atoms with van der Waals surface area (Å²) in [5.74, 6) is -2.32. The van der Waals surface area contributed by atoms with Crippen molar-refractivity contribution in [2.45, 2.75) is 12.8 Å². The fourth-order valence-electron chi connectivity index (χ4n) is 1.19. The molecular weight excluding hydrogens is 252 g/mol. The first kappa shape index (κ1) is 13.9. The lowest BCUT2D eigenvalue weighted by atomic mass is 10.3. The van der Waals surface area contributed by atoms with E-state index in [0.717, 1.165) is 18.2 Å². The van der Waals surface area contributed by atoms with Crippen molar-refractivity contribution in [2.75, 3.05) is 17.1 Å². The van der Waals surface area contributed by atoms with Gasteiger partial charge in [0.05, 0.1) is 11.4 Å². The van der Waals surface area contributed by atoms with E-state index in [4.69, 9.17) is 5.11 Å². The van der Waals surface area contributed by atoms with Crippen molar-refractivity contribution in [3.8, 4) is 0 Å². The molecule has 0 atom stereocenters. The number of aliphatic hydroxyl groups is 1. The standard InChI is InChI=1S/C10H13F2NO3S/c11-9-4-3-8(7-10(9)12)13-17(15,16)6-2-1-5-14/h3-4,7,13-14H,1-2,5-6H2. The third kappa shape index (κ3) is 4.66. The molecular formula is C10H13F2NO3S. The highest BCUT2D eigenvalue weighted by atomic mass is 32.2. The van der Waals surface area contributed by atoms with E-state index in [2.05, 4.69) is 4.72 Å². The summed E-state index contributed by atoms with van der Waals surface area (Å²) in [4.78, 5) is 0. The molecule has 0 aliphatic heterocycles. The Balaban J connectivity index is 2.66. The molecule has 0 aromatic heterocycles. The normalized spacial score (nSPS) is 11.5. The van der Waals surface area contributed by atoms with Crippen LogP contribution in [-0.2, 0) is 10.0 Å². The highest BCUT2D eigenvalue weighted by molar-refractivity contribution is 7.92. The Morgan fingerprint density at radius 1 is 1.18 bits per heavy atom. The minimum absolute atomic E-state index is 0.0205. The van der Waals surface area contributed by atoms with Crippen molar-refractivity contribution in [1.82, 2.24) is 0 Å². The molecule has 4 nitrogen and oxygen atoms in total. The Hall–Kier alpha value is -1.21. The van der Waals surface area contributed by atoms with Gasteiger partial charge < -0.3 is 5.11 Å². The van der Waals surface area contributed by atoms with E-state index in [9.17, 15) is 17.2 Å². The number of unbranched alkanes of at least 4 members (excludes halogenated alkanes) is 1. The van der Waals surface area contributed by atoms with Crippen LogP contribution in [0.25, 0.3) is 0 Å². The average Bonchev–Trinajstić information content (AvgIpc) is 2.23. The summed E-state index contributed by atoms with van der Waals surface area (Å²) in [6.45, 7) is -0.0826. The van der Waals surface area contributed by atoms with Gasteiger partial charge in [-0.05, 0) is 25.0 Å². The number of hydrogen-bond acceptors (Lipinski definition) is 3. The largest absolute Gasteiger partial charge is 0.396 e. The molecule has 17 heavy (non-hydrogen) atoms. The molecule has 1 rings (SSSR count). The second-order valence-electron chi connectivity index (χ2n) is 3.48. The summed E-state index contributed by atoms with van der Waals surface area (Å²) in [6, 6.07) is 2.77. The number of benzene rings is 1. The number of hydrogen-bond donors (Lipinski definition) is 2. The number of sulfonamides is 1. The van der Waals surface area contributed by atoms with Gasteiger partial charge in [-0.3, -0.25) is 4.72 Å². The van der Waals surface area contributed by atoms with Gasteiger partial charge in [-0.1, -0.05) is 0 Å². The Morgan fingerprint density at radius 2 is 1.88 bits per heavy atom. The fourth-order valence-corrected chi connectivity index (χ4v) is 2.37. The number of halogens is 2. The molecule has 0 saturated heterocycles. The summed E-state index contributed by atoms with van der Waals surface area (Å²) in [6.07, 6.45) is 0.675. The van der Waals surface area contributed by atoms with Crippen molar-refractivity contribution in [2.24, 2.45) is 0 Å². The van der Waals surface area contributed by atoms with E-state index < -0.39 is 21.7 Å². The van der Waals surface area contributed by atoms with Crippen LogP contribution in [0.5, 0.6) is 0 Å². The second-order valence-corrected chi connectivity index (χ2v) is 5.32. The highest BCUT2D eigenvalue weighted by Crippen LogP contribution is 2.14. The summed E-state index contributed by atoms with van der Waals surface area (Å²) in [5.41, 5.74) is -0.0205. The van der Waals surface area contributed by atoms with Crippen LogP contribution >= 0.6 is 0 Å². The highest BCUT2D eigenvalue weighted by Gasteiger charge is 2.11. The Bertz CT molecular complexity index is 476. The van der Waals surface area contributed by atoms with Crippen LogP contribution in [0, 0.1) is 11.6 Å². The molecule has 0 saturated carbocycles. The Labute approximate surface area is 98.3 Å². The van der Waals surface area contributed by atoms with Gasteiger partial charge in [-0.25, -0.2) is 17.2 Å². The molecule has 1 aromatic rings. The number of aliphatic hydroxyl groups excluding tert-OH is 1. The third-order valence-electron chi connectivity index (χ3n) is 2.01. The molecule has 0 unspecified atom stereocenters. The quantitative estimate of drug-likeness (QED) is 0.766. The first-order chi connectivity index (χ1) is 7.94. The predicted octanol–water partition coefficient (Wildman–Crippen LogP) is 1.48. The topological polar surface area (TPSA) is 66.4 Å². The number of anilines is 1. The molecule has 0 aliphatic rings. The van der Waals surface area contributed by atoms with Crippen molar-refractivity contribution in [3.05, 3.63) is 29.8 Å². The SMILES string of the molecule is O=S(=O)(CCCCO)Nc1ccc(F)c(F)c1. The molecule has 0 heterocycles. The van der Waals surface area contributed by atoms with Crippen LogP contribution in [0.4, 0.5) is 14.5 Å². The van der Waals surface area contributed by atoms with Crippen LogP contribution in [0.2, 0.25) is 0 Å². The Kier molecular flexibility index (Phi) is 4.83. The molecule has 0 bridgehead atoms. The van der Waals surface area contributed by atoms with E-state index in [1.54, 1.807) is 0 Å². The average molecular weight is 265 g/mol. The van der Waals surface area contributed by atoms with Crippen molar-refractivity contribution < 1.29 is 22.3 Å². The van der Waals surface area contributed by atoms with Crippen LogP contribution < -0.4 is 4.72 Å². The maximum Gasteiger partial charge on any atom is 0.232 e. The van der Waals surface area contributed by atoms with Crippen LogP contribution in [0.3, 0.4) is 0 Å². The molecule has 2 N–H and O–H groups in total. The lowest BCUT2D eigenvalue weighted by Gasteiger charge is -2.07. The second kappa shape index (κ2) is 5.92. The first-order valence-corrected chi connectivity index (χ1v) is 6.66. The van der Waals surface area contributed by atoms with E-state index in [0.29, 0.717) is 12.8 Å². The maximum atomic E-state index is 12.8. The van der Waals surface area contributed by atoms with Gasteiger partial charge in [-0.2, -0.15) is 0 Å². The zero-order valence-corrected chi connectivity index (χ0v) is 9.80. The van der Waals surface area contributed by atoms with Gasteiger partial charge in [0.15, 0.2) is 11.6 Å². The van der Waals surface area contributed by atoms with E-state index in [-0.39, 0.29) is 18.0 Å². The van der Waals surface area contributed by atoms with Crippen LogP contribution in [0.15, 0.2) is 18.2 Å². The van der Waals surface area contributed by atoms with Crippen molar-refractivity contribution in [3.63, 3.8) is 0 Å². The maximum absolute atomic E-state index is 12.8. The summed E-state index contributed by atoms with van der Waals surface area (Å²) in [5, 5.41) is 8.51. The molecule has 0 radical (unpaired) electrons. The smallest absolute Gasteiger partial charge is 0.232 e. The summed E-state index contributed by atoms with van der Waals surface area (Å²) in [7, 11) is -3.59. The molecule has 96 valence electrons. The van der Waals surface area contributed by atoms with Gasteiger partial charge in [-0.15, -0.1) is 0 Å². The monoisotopic (exact) mass is 265 g/mol. The molecule has 0 spiro atoms. The molecule has 7 heteroatoms. The molecule has 0 aliphatic carbocycles. The third-order valence-corrected chi connectivity index (χ3v) is 3.39.